The van der Waals surface area contributed by atoms with E-state index in [1.165, 1.54) is 42.5 Å². The molecule has 0 radical (unpaired) electrons. The van der Waals surface area contributed by atoms with E-state index in [0.717, 1.165) is 17.2 Å². The number of nitro benzene ring substituents is 1. The number of benzene rings is 1. The Balaban J connectivity index is 1.87. The van der Waals surface area contributed by atoms with Gasteiger partial charge < -0.3 is 9.47 Å². The summed E-state index contributed by atoms with van der Waals surface area (Å²) in [6.45, 7) is -2.95. The van der Waals surface area contributed by atoms with E-state index < -0.39 is 17.4 Å². The standard InChI is InChI=1S/C16H14F2N6O3/c1-21(9-14-20-5-7-23(14)16(17)18)15(25)11-2-3-12(13(8-11)24(26)27)22-6-4-19-10-22/h2-8,10,16H,9H2,1H3. The van der Waals surface area contributed by atoms with Gasteiger partial charge in [0.05, 0.1) is 17.8 Å². The van der Waals surface area contributed by atoms with Gasteiger partial charge in [0, 0.05) is 43.5 Å². The number of hydrogen-bond acceptors (Lipinski definition) is 5. The summed E-state index contributed by atoms with van der Waals surface area (Å²) < 4.78 is 27.9. The lowest BCUT2D eigenvalue weighted by atomic mass is 10.1. The maximum atomic E-state index is 12.9. The maximum absolute atomic E-state index is 12.9. The van der Waals surface area contributed by atoms with Crippen molar-refractivity contribution in [3.63, 3.8) is 0 Å². The van der Waals surface area contributed by atoms with Gasteiger partial charge in [-0.1, -0.05) is 0 Å². The predicted octanol–water partition coefficient (Wildman–Crippen LogP) is 2.64. The zero-order valence-electron chi connectivity index (χ0n) is 14.1. The van der Waals surface area contributed by atoms with Crippen molar-refractivity contribution in [1.29, 1.82) is 0 Å². The smallest absolute Gasteiger partial charge is 0.319 e. The molecule has 0 aliphatic carbocycles. The normalized spacial score (nSPS) is 11.0. The summed E-state index contributed by atoms with van der Waals surface area (Å²) in [6, 6.07) is 4.01. The molecule has 11 heteroatoms. The fraction of sp³-hybridized carbons (Fsp3) is 0.188. The van der Waals surface area contributed by atoms with Gasteiger partial charge in [0.15, 0.2) is 0 Å². The third kappa shape index (κ3) is 3.66. The van der Waals surface area contributed by atoms with Crippen LogP contribution in [-0.2, 0) is 6.54 Å². The molecular weight excluding hydrogens is 362 g/mol. The number of hydrogen-bond donors (Lipinski definition) is 0. The molecule has 3 rings (SSSR count). The monoisotopic (exact) mass is 376 g/mol. The van der Waals surface area contributed by atoms with Crippen molar-refractivity contribution < 1.29 is 18.5 Å². The number of carbonyl (C=O) groups is 1. The van der Waals surface area contributed by atoms with Crippen molar-refractivity contribution in [2.24, 2.45) is 0 Å². The zero-order chi connectivity index (χ0) is 19.6. The molecule has 0 aliphatic rings. The number of halogens is 2. The number of aromatic nitrogens is 4. The van der Waals surface area contributed by atoms with Crippen LogP contribution < -0.4 is 0 Å². The van der Waals surface area contributed by atoms with Crippen LogP contribution in [0.4, 0.5) is 14.5 Å². The Bertz CT molecular complexity index is 970. The molecule has 27 heavy (non-hydrogen) atoms. The summed E-state index contributed by atoms with van der Waals surface area (Å²) in [5.74, 6) is -0.551. The lowest BCUT2D eigenvalue weighted by molar-refractivity contribution is -0.384. The van der Waals surface area contributed by atoms with Gasteiger partial charge >= 0.3 is 6.55 Å². The quantitative estimate of drug-likeness (QED) is 0.486. The van der Waals surface area contributed by atoms with Crippen molar-refractivity contribution in [2.45, 2.75) is 13.1 Å². The summed E-state index contributed by atoms with van der Waals surface area (Å²) in [5, 5.41) is 11.4. The fourth-order valence-corrected chi connectivity index (χ4v) is 2.57. The molecule has 2 aromatic heterocycles. The highest BCUT2D eigenvalue weighted by Crippen LogP contribution is 2.25. The molecular formula is C16H14F2N6O3. The molecule has 1 amide bonds. The SMILES string of the molecule is CN(Cc1nccn1C(F)F)C(=O)c1ccc(-n2ccnc2)c([N+](=O)[O-])c1. The van der Waals surface area contributed by atoms with Gasteiger partial charge in [-0.05, 0) is 12.1 Å². The summed E-state index contributed by atoms with van der Waals surface area (Å²) in [4.78, 5) is 32.2. The average molecular weight is 376 g/mol. The topological polar surface area (TPSA) is 99.1 Å². The first-order chi connectivity index (χ1) is 12.9. The van der Waals surface area contributed by atoms with Gasteiger partial charge in [0.25, 0.3) is 11.6 Å². The van der Waals surface area contributed by atoms with Crippen LogP contribution in [0.5, 0.6) is 0 Å². The Morgan fingerprint density at radius 2 is 2.11 bits per heavy atom. The summed E-state index contributed by atoms with van der Waals surface area (Å²) >= 11 is 0. The Labute approximate surface area is 151 Å². The zero-order valence-corrected chi connectivity index (χ0v) is 14.1. The van der Waals surface area contributed by atoms with Crippen LogP contribution in [0.3, 0.4) is 0 Å². The van der Waals surface area contributed by atoms with Crippen LogP contribution >= 0.6 is 0 Å². The van der Waals surface area contributed by atoms with E-state index in [0.29, 0.717) is 4.57 Å². The van der Waals surface area contributed by atoms with Crippen molar-refractivity contribution >= 4 is 11.6 Å². The molecule has 0 saturated heterocycles. The number of alkyl halides is 2. The van der Waals surface area contributed by atoms with Crippen molar-refractivity contribution in [3.05, 3.63) is 70.8 Å². The lowest BCUT2D eigenvalue weighted by Crippen LogP contribution is -2.28. The van der Waals surface area contributed by atoms with Crippen molar-refractivity contribution in [1.82, 2.24) is 24.0 Å². The molecule has 1 aromatic carbocycles. The Kier molecular flexibility index (Phi) is 4.92. The van der Waals surface area contributed by atoms with E-state index in [4.69, 9.17) is 0 Å². The molecule has 0 N–H and O–H groups in total. The van der Waals surface area contributed by atoms with E-state index in [1.807, 2.05) is 0 Å². The molecule has 140 valence electrons. The molecule has 0 atom stereocenters. The first-order valence-corrected chi connectivity index (χ1v) is 7.70. The minimum atomic E-state index is -2.78. The molecule has 9 nitrogen and oxygen atoms in total. The minimum absolute atomic E-state index is 0.00499. The van der Waals surface area contributed by atoms with Gasteiger partial charge in [-0.2, -0.15) is 8.78 Å². The molecule has 3 aromatic rings. The molecule has 0 unspecified atom stereocenters. The van der Waals surface area contributed by atoms with Gasteiger partial charge in [-0.3, -0.25) is 19.5 Å². The third-order valence-electron chi connectivity index (χ3n) is 3.89. The van der Waals surface area contributed by atoms with Crippen LogP contribution in [0, 0.1) is 10.1 Å². The Morgan fingerprint density at radius 1 is 1.33 bits per heavy atom. The average Bonchev–Trinajstić information content (AvgIpc) is 3.32. The van der Waals surface area contributed by atoms with Crippen molar-refractivity contribution in [3.8, 4) is 5.69 Å². The Hall–Kier alpha value is -3.63. The molecule has 2 heterocycles. The molecule has 0 spiro atoms. The number of nitrogens with zero attached hydrogens (tertiary/aromatic N) is 6. The summed E-state index contributed by atoms with van der Waals surface area (Å²) in [5.41, 5.74) is 0.0366. The van der Waals surface area contributed by atoms with E-state index in [9.17, 15) is 23.7 Å². The van der Waals surface area contributed by atoms with Gasteiger partial charge in [-0.15, -0.1) is 0 Å². The third-order valence-corrected chi connectivity index (χ3v) is 3.89. The molecule has 0 fully saturated rings. The Morgan fingerprint density at radius 3 is 2.74 bits per heavy atom. The lowest BCUT2D eigenvalue weighted by Gasteiger charge is -2.18. The van der Waals surface area contributed by atoms with Gasteiger partial charge in [0.1, 0.15) is 11.5 Å². The molecule has 0 saturated carbocycles. The first kappa shape index (κ1) is 18.2. The number of nitro groups is 1. The molecule has 0 bridgehead atoms. The number of imidazole rings is 2. The van der Waals surface area contributed by atoms with E-state index >= 15 is 0 Å². The minimum Gasteiger partial charge on any atom is -0.334 e. The second kappa shape index (κ2) is 7.32. The van der Waals surface area contributed by atoms with Crippen molar-refractivity contribution in [2.75, 3.05) is 7.05 Å². The van der Waals surface area contributed by atoms with E-state index in [2.05, 4.69) is 9.97 Å². The van der Waals surface area contributed by atoms with Gasteiger partial charge in [-0.25, -0.2) is 9.97 Å². The van der Waals surface area contributed by atoms with Crippen LogP contribution in [0.25, 0.3) is 5.69 Å². The second-order valence-electron chi connectivity index (χ2n) is 5.62. The summed E-state index contributed by atoms with van der Waals surface area (Å²) in [6.07, 6.45) is 6.75. The number of rotatable bonds is 6. The highest BCUT2D eigenvalue weighted by atomic mass is 19.3. The highest BCUT2D eigenvalue weighted by molar-refractivity contribution is 5.95. The number of amides is 1. The van der Waals surface area contributed by atoms with Crippen LogP contribution in [0.1, 0.15) is 22.7 Å². The van der Waals surface area contributed by atoms with E-state index in [-0.39, 0.29) is 29.3 Å². The van der Waals surface area contributed by atoms with Crippen LogP contribution in [-0.4, -0.2) is 41.9 Å². The van der Waals surface area contributed by atoms with Gasteiger partial charge in [0.2, 0.25) is 0 Å². The fourth-order valence-electron chi connectivity index (χ4n) is 2.57. The van der Waals surface area contributed by atoms with E-state index in [1.54, 1.807) is 6.20 Å². The maximum Gasteiger partial charge on any atom is 0.319 e. The highest BCUT2D eigenvalue weighted by Gasteiger charge is 2.22. The number of carbonyl (C=O) groups excluding carboxylic acids is 1. The predicted molar refractivity (Wildman–Crippen MR) is 89.5 cm³/mol. The second-order valence-corrected chi connectivity index (χ2v) is 5.62. The van der Waals surface area contributed by atoms with Crippen LogP contribution in [0.2, 0.25) is 0 Å². The summed E-state index contributed by atoms with van der Waals surface area (Å²) in [7, 11) is 1.41. The largest absolute Gasteiger partial charge is 0.334 e. The van der Waals surface area contributed by atoms with Crippen LogP contribution in [0.15, 0.2) is 49.3 Å². The molecule has 0 aliphatic heterocycles. The first-order valence-electron chi connectivity index (χ1n) is 7.70.